The summed E-state index contributed by atoms with van der Waals surface area (Å²) in [4.78, 5) is 24.5. The lowest BCUT2D eigenvalue weighted by molar-refractivity contribution is -0.117. The Morgan fingerprint density at radius 2 is 1.67 bits per heavy atom. The van der Waals surface area contributed by atoms with Gasteiger partial charge in [-0.25, -0.2) is 9.07 Å². The lowest BCUT2D eigenvalue weighted by Gasteiger charge is -2.13. The summed E-state index contributed by atoms with van der Waals surface area (Å²) >= 11 is 0. The second-order valence-corrected chi connectivity index (χ2v) is 6.54. The standard InChI is InChI=1S/C21H20FN3O2/c1-13-10-14(2)21(15(3)11-13)23-19(26)12-25-20(27)9-8-18(24-25)16-4-6-17(22)7-5-16/h4-11H,12H2,1-3H3,(H,23,26). The molecule has 0 radical (unpaired) electrons. The molecule has 0 fully saturated rings. The number of anilines is 1. The van der Waals surface area contributed by atoms with Crippen LogP contribution in [0.5, 0.6) is 0 Å². The normalized spacial score (nSPS) is 10.7. The zero-order chi connectivity index (χ0) is 19.6. The van der Waals surface area contributed by atoms with Crippen molar-refractivity contribution in [2.24, 2.45) is 0 Å². The number of carbonyl (C=O) groups is 1. The molecule has 0 aliphatic rings. The first-order valence-corrected chi connectivity index (χ1v) is 8.55. The minimum atomic E-state index is -0.381. The van der Waals surface area contributed by atoms with Crippen LogP contribution in [0.4, 0.5) is 10.1 Å². The molecule has 1 heterocycles. The second-order valence-electron chi connectivity index (χ2n) is 6.54. The van der Waals surface area contributed by atoms with E-state index >= 15 is 0 Å². The molecule has 0 aliphatic heterocycles. The summed E-state index contributed by atoms with van der Waals surface area (Å²) in [6.45, 7) is 5.64. The Balaban J connectivity index is 1.83. The van der Waals surface area contributed by atoms with Gasteiger partial charge in [-0.15, -0.1) is 0 Å². The number of hydrogen-bond acceptors (Lipinski definition) is 3. The number of hydrogen-bond donors (Lipinski definition) is 1. The molecule has 1 N–H and O–H groups in total. The van der Waals surface area contributed by atoms with E-state index in [1.807, 2.05) is 32.9 Å². The van der Waals surface area contributed by atoms with E-state index in [0.717, 1.165) is 27.1 Å². The van der Waals surface area contributed by atoms with Crippen LogP contribution in [-0.4, -0.2) is 15.7 Å². The Labute approximate surface area is 156 Å². The molecule has 138 valence electrons. The average molecular weight is 365 g/mol. The third kappa shape index (κ3) is 4.28. The second kappa shape index (κ2) is 7.53. The molecule has 0 spiro atoms. The number of aryl methyl sites for hydroxylation is 3. The smallest absolute Gasteiger partial charge is 0.267 e. The Hall–Kier alpha value is -3.28. The van der Waals surface area contributed by atoms with Crippen molar-refractivity contribution in [3.8, 4) is 11.3 Å². The monoisotopic (exact) mass is 365 g/mol. The van der Waals surface area contributed by atoms with Gasteiger partial charge in [0.2, 0.25) is 5.91 Å². The molecule has 27 heavy (non-hydrogen) atoms. The predicted molar refractivity (Wildman–Crippen MR) is 103 cm³/mol. The van der Waals surface area contributed by atoms with Crippen molar-refractivity contribution in [1.29, 1.82) is 0 Å². The van der Waals surface area contributed by atoms with Gasteiger partial charge in [0.1, 0.15) is 12.4 Å². The highest BCUT2D eigenvalue weighted by Gasteiger charge is 2.11. The summed E-state index contributed by atoms with van der Waals surface area (Å²) < 4.78 is 14.2. The third-order valence-electron chi connectivity index (χ3n) is 4.24. The van der Waals surface area contributed by atoms with Crippen molar-refractivity contribution >= 4 is 11.6 Å². The Bertz CT molecular complexity index is 1030. The molecule has 1 amide bonds. The molecule has 6 heteroatoms. The zero-order valence-corrected chi connectivity index (χ0v) is 15.4. The first-order chi connectivity index (χ1) is 12.8. The van der Waals surface area contributed by atoms with Gasteiger partial charge in [-0.1, -0.05) is 17.7 Å². The summed E-state index contributed by atoms with van der Waals surface area (Å²) in [6.07, 6.45) is 0. The van der Waals surface area contributed by atoms with Gasteiger partial charge in [-0.2, -0.15) is 5.10 Å². The van der Waals surface area contributed by atoms with E-state index in [4.69, 9.17) is 0 Å². The lowest BCUT2D eigenvalue weighted by atomic mass is 10.1. The van der Waals surface area contributed by atoms with Crippen LogP contribution in [0.3, 0.4) is 0 Å². The highest BCUT2D eigenvalue weighted by molar-refractivity contribution is 5.92. The summed E-state index contributed by atoms with van der Waals surface area (Å²) in [5.41, 5.74) is 4.55. The van der Waals surface area contributed by atoms with Crippen molar-refractivity contribution in [2.45, 2.75) is 27.3 Å². The van der Waals surface area contributed by atoms with Crippen molar-refractivity contribution < 1.29 is 9.18 Å². The maximum atomic E-state index is 13.1. The van der Waals surface area contributed by atoms with Gasteiger partial charge in [-0.3, -0.25) is 9.59 Å². The number of rotatable bonds is 4. The largest absolute Gasteiger partial charge is 0.324 e. The molecule has 0 atom stereocenters. The molecule has 0 saturated carbocycles. The Morgan fingerprint density at radius 3 is 2.30 bits per heavy atom. The topological polar surface area (TPSA) is 64.0 Å². The van der Waals surface area contributed by atoms with E-state index in [2.05, 4.69) is 10.4 Å². The van der Waals surface area contributed by atoms with Gasteiger partial charge >= 0.3 is 0 Å². The first-order valence-electron chi connectivity index (χ1n) is 8.55. The summed E-state index contributed by atoms with van der Waals surface area (Å²) in [5, 5.41) is 7.09. The fourth-order valence-electron chi connectivity index (χ4n) is 3.03. The van der Waals surface area contributed by atoms with E-state index < -0.39 is 0 Å². The zero-order valence-electron chi connectivity index (χ0n) is 15.4. The average Bonchev–Trinajstić information content (AvgIpc) is 2.61. The van der Waals surface area contributed by atoms with Crippen LogP contribution in [0.2, 0.25) is 0 Å². The number of aromatic nitrogens is 2. The molecule has 0 bridgehead atoms. The van der Waals surface area contributed by atoms with Crippen molar-refractivity contribution in [2.75, 3.05) is 5.32 Å². The van der Waals surface area contributed by atoms with Crippen LogP contribution in [0.1, 0.15) is 16.7 Å². The minimum absolute atomic E-state index is 0.208. The minimum Gasteiger partial charge on any atom is -0.324 e. The SMILES string of the molecule is Cc1cc(C)c(NC(=O)Cn2nc(-c3ccc(F)cc3)ccc2=O)c(C)c1. The van der Waals surface area contributed by atoms with E-state index in [0.29, 0.717) is 11.3 Å². The number of carbonyl (C=O) groups excluding carboxylic acids is 1. The van der Waals surface area contributed by atoms with Crippen LogP contribution in [0, 0.1) is 26.6 Å². The molecule has 3 aromatic rings. The summed E-state index contributed by atoms with van der Waals surface area (Å²) in [5.74, 6) is -0.689. The fourth-order valence-corrected chi connectivity index (χ4v) is 3.03. The third-order valence-corrected chi connectivity index (χ3v) is 4.24. The van der Waals surface area contributed by atoms with E-state index in [-0.39, 0.29) is 23.8 Å². The highest BCUT2D eigenvalue weighted by atomic mass is 19.1. The number of nitrogens with zero attached hydrogens (tertiary/aromatic N) is 2. The number of halogens is 1. The molecular weight excluding hydrogens is 345 g/mol. The molecule has 0 unspecified atom stereocenters. The predicted octanol–water partition coefficient (Wildman–Crippen LogP) is 3.61. The van der Waals surface area contributed by atoms with Crippen LogP contribution < -0.4 is 10.9 Å². The van der Waals surface area contributed by atoms with Crippen molar-refractivity contribution in [1.82, 2.24) is 9.78 Å². The molecular formula is C21H20FN3O2. The van der Waals surface area contributed by atoms with Crippen LogP contribution in [0.15, 0.2) is 53.3 Å². The Kier molecular flexibility index (Phi) is 5.16. The van der Waals surface area contributed by atoms with E-state index in [1.165, 1.54) is 18.2 Å². The van der Waals surface area contributed by atoms with E-state index in [1.54, 1.807) is 18.2 Å². The maximum Gasteiger partial charge on any atom is 0.267 e. The lowest BCUT2D eigenvalue weighted by Crippen LogP contribution is -2.29. The number of benzene rings is 2. The molecule has 1 aromatic heterocycles. The van der Waals surface area contributed by atoms with E-state index in [9.17, 15) is 14.0 Å². The quantitative estimate of drug-likeness (QED) is 0.768. The number of nitrogens with one attached hydrogen (secondary N) is 1. The van der Waals surface area contributed by atoms with Crippen LogP contribution >= 0.6 is 0 Å². The summed E-state index contributed by atoms with van der Waals surface area (Å²) in [6, 6.07) is 12.7. The highest BCUT2D eigenvalue weighted by Crippen LogP contribution is 2.22. The van der Waals surface area contributed by atoms with Gasteiger partial charge in [0.25, 0.3) is 5.56 Å². The van der Waals surface area contributed by atoms with Crippen molar-refractivity contribution in [3.05, 3.63) is 81.4 Å². The van der Waals surface area contributed by atoms with Crippen LogP contribution in [0.25, 0.3) is 11.3 Å². The molecule has 2 aromatic carbocycles. The number of amides is 1. The molecule has 3 rings (SSSR count). The molecule has 5 nitrogen and oxygen atoms in total. The van der Waals surface area contributed by atoms with Gasteiger partial charge in [0.15, 0.2) is 0 Å². The molecule has 0 saturated heterocycles. The molecule has 0 aliphatic carbocycles. The van der Waals surface area contributed by atoms with Gasteiger partial charge in [-0.05, 0) is 62.2 Å². The van der Waals surface area contributed by atoms with Gasteiger partial charge < -0.3 is 5.32 Å². The van der Waals surface area contributed by atoms with Gasteiger partial charge in [0.05, 0.1) is 5.69 Å². The van der Waals surface area contributed by atoms with Crippen molar-refractivity contribution in [3.63, 3.8) is 0 Å². The maximum absolute atomic E-state index is 13.1. The Morgan fingerprint density at radius 1 is 1.04 bits per heavy atom. The first kappa shape index (κ1) is 18.5. The van der Waals surface area contributed by atoms with Crippen LogP contribution in [-0.2, 0) is 11.3 Å². The summed E-state index contributed by atoms with van der Waals surface area (Å²) in [7, 11) is 0. The van der Waals surface area contributed by atoms with Gasteiger partial charge in [0, 0.05) is 17.3 Å². The fraction of sp³-hybridized carbons (Fsp3) is 0.190.